The third-order valence-corrected chi connectivity index (χ3v) is 5.23. The highest BCUT2D eigenvalue weighted by molar-refractivity contribution is 9.09. The van der Waals surface area contributed by atoms with Crippen molar-refractivity contribution in [1.82, 2.24) is 4.90 Å². The number of fused-ring (bicyclic) bond motifs is 2. The van der Waals surface area contributed by atoms with Crippen molar-refractivity contribution in [2.45, 2.75) is 25.7 Å². The Kier molecular flexibility index (Phi) is 3.04. The number of rotatable bonds is 3. The quantitative estimate of drug-likeness (QED) is 0.584. The molecule has 0 aromatic carbocycles. The van der Waals surface area contributed by atoms with E-state index in [0.717, 1.165) is 24.6 Å². The van der Waals surface area contributed by atoms with Crippen molar-refractivity contribution in [3.63, 3.8) is 0 Å². The highest BCUT2D eigenvalue weighted by Gasteiger charge is 2.60. The van der Waals surface area contributed by atoms with Gasteiger partial charge in [0.25, 0.3) is 0 Å². The molecule has 4 atom stereocenters. The standard InChI is InChI=1S/C13H16BrNO3/c14-4-1-5-15-12(17)10-7-2-3-8(9(16)6-7)11(10)13(15)18/h7-8,10-11H,1-6H2. The van der Waals surface area contributed by atoms with Gasteiger partial charge in [-0.2, -0.15) is 0 Å². The normalized spacial score (nSPS) is 38.5. The van der Waals surface area contributed by atoms with E-state index in [-0.39, 0.29) is 41.3 Å². The third kappa shape index (κ3) is 1.59. The topological polar surface area (TPSA) is 54.5 Å². The van der Waals surface area contributed by atoms with Crippen LogP contribution < -0.4 is 0 Å². The van der Waals surface area contributed by atoms with Gasteiger partial charge in [0.05, 0.1) is 11.8 Å². The number of hydrogen-bond donors (Lipinski definition) is 0. The van der Waals surface area contributed by atoms with E-state index in [1.54, 1.807) is 0 Å². The molecule has 1 saturated heterocycles. The van der Waals surface area contributed by atoms with E-state index in [1.807, 2.05) is 0 Å². The molecule has 4 unspecified atom stereocenters. The van der Waals surface area contributed by atoms with Crippen LogP contribution in [0.25, 0.3) is 0 Å². The first-order valence-corrected chi connectivity index (χ1v) is 7.71. The molecule has 4 fully saturated rings. The van der Waals surface area contributed by atoms with Gasteiger partial charge in [0.1, 0.15) is 5.78 Å². The zero-order valence-corrected chi connectivity index (χ0v) is 11.7. The molecule has 4 rings (SSSR count). The minimum atomic E-state index is -0.326. The van der Waals surface area contributed by atoms with E-state index in [9.17, 15) is 14.4 Å². The predicted octanol–water partition coefficient (Wildman–Crippen LogP) is 1.37. The maximum atomic E-state index is 12.3. The minimum absolute atomic E-state index is 0.0202. The molecule has 3 aliphatic carbocycles. The van der Waals surface area contributed by atoms with Crippen LogP contribution in [0.15, 0.2) is 0 Å². The molecule has 0 aromatic heterocycles. The second-order valence-corrected chi connectivity index (χ2v) is 6.33. The van der Waals surface area contributed by atoms with Gasteiger partial charge in [-0.3, -0.25) is 19.3 Å². The number of carbonyl (C=O) groups excluding carboxylic acids is 3. The molecule has 5 heteroatoms. The summed E-state index contributed by atoms with van der Waals surface area (Å²) < 4.78 is 0. The first-order valence-electron chi connectivity index (χ1n) is 6.59. The third-order valence-electron chi connectivity index (χ3n) is 4.67. The van der Waals surface area contributed by atoms with Gasteiger partial charge in [0.2, 0.25) is 11.8 Å². The number of alkyl halides is 1. The van der Waals surface area contributed by atoms with E-state index >= 15 is 0 Å². The highest BCUT2D eigenvalue weighted by atomic mass is 79.9. The molecule has 2 amide bonds. The molecular weight excluding hydrogens is 298 g/mol. The molecule has 0 aromatic rings. The summed E-state index contributed by atoms with van der Waals surface area (Å²) >= 11 is 3.32. The number of imide groups is 1. The number of ketones is 1. The number of likely N-dealkylation sites (tertiary alicyclic amines) is 1. The van der Waals surface area contributed by atoms with Crippen LogP contribution in [0.5, 0.6) is 0 Å². The number of nitrogens with zero attached hydrogens (tertiary/aromatic N) is 1. The number of hydrogen-bond acceptors (Lipinski definition) is 3. The zero-order valence-electron chi connectivity index (χ0n) is 10.1. The first-order chi connectivity index (χ1) is 8.65. The lowest BCUT2D eigenvalue weighted by molar-refractivity contribution is -0.144. The summed E-state index contributed by atoms with van der Waals surface area (Å²) in [7, 11) is 0. The lowest BCUT2D eigenvalue weighted by atomic mass is 9.59. The average molecular weight is 314 g/mol. The van der Waals surface area contributed by atoms with E-state index in [0.29, 0.717) is 13.0 Å². The smallest absolute Gasteiger partial charge is 0.233 e. The molecule has 3 saturated carbocycles. The van der Waals surface area contributed by atoms with E-state index in [4.69, 9.17) is 0 Å². The number of Topliss-reactive ketones (excluding diaryl/α,β-unsaturated/α-hetero) is 1. The van der Waals surface area contributed by atoms with Crippen molar-refractivity contribution in [3.05, 3.63) is 0 Å². The summed E-state index contributed by atoms with van der Waals surface area (Å²) in [4.78, 5) is 37.9. The van der Waals surface area contributed by atoms with Gasteiger partial charge in [0.15, 0.2) is 0 Å². The van der Waals surface area contributed by atoms with Gasteiger partial charge < -0.3 is 0 Å². The first kappa shape index (κ1) is 12.3. The van der Waals surface area contributed by atoms with E-state index < -0.39 is 0 Å². The Labute approximate surface area is 114 Å². The summed E-state index contributed by atoms with van der Waals surface area (Å²) in [5.74, 6) is -0.474. The van der Waals surface area contributed by atoms with Gasteiger partial charge in [-0.05, 0) is 25.2 Å². The Hall–Kier alpha value is -0.710. The number of amides is 2. The fourth-order valence-electron chi connectivity index (χ4n) is 3.88. The van der Waals surface area contributed by atoms with Crippen LogP contribution in [0.2, 0.25) is 0 Å². The van der Waals surface area contributed by atoms with Crippen molar-refractivity contribution >= 4 is 33.5 Å². The summed E-state index contributed by atoms with van der Waals surface area (Å²) in [5, 5.41) is 0.783. The Bertz CT molecular complexity index is 422. The number of carbonyl (C=O) groups is 3. The van der Waals surface area contributed by atoms with Gasteiger partial charge in [0, 0.05) is 24.2 Å². The van der Waals surface area contributed by atoms with Crippen molar-refractivity contribution in [2.75, 3.05) is 11.9 Å². The molecule has 1 heterocycles. The largest absolute Gasteiger partial charge is 0.299 e. The monoisotopic (exact) mass is 313 g/mol. The molecule has 0 N–H and O–H groups in total. The predicted molar refractivity (Wildman–Crippen MR) is 67.9 cm³/mol. The lowest BCUT2D eigenvalue weighted by Gasteiger charge is -2.41. The SMILES string of the molecule is O=C1CC2CCC1C1C(=O)N(CCCBr)C(=O)C21. The molecule has 1 aliphatic heterocycles. The number of halogens is 1. The van der Waals surface area contributed by atoms with Crippen LogP contribution in [0.1, 0.15) is 25.7 Å². The summed E-state index contributed by atoms with van der Waals surface area (Å²) in [5.41, 5.74) is 0. The van der Waals surface area contributed by atoms with Crippen LogP contribution in [-0.4, -0.2) is 34.4 Å². The molecule has 98 valence electrons. The van der Waals surface area contributed by atoms with Gasteiger partial charge in [-0.1, -0.05) is 15.9 Å². The molecular formula is C13H16BrNO3. The van der Waals surface area contributed by atoms with Crippen molar-refractivity contribution in [1.29, 1.82) is 0 Å². The minimum Gasteiger partial charge on any atom is -0.299 e. The fraction of sp³-hybridized carbons (Fsp3) is 0.769. The van der Waals surface area contributed by atoms with Crippen molar-refractivity contribution in [2.24, 2.45) is 23.7 Å². The molecule has 2 bridgehead atoms. The second-order valence-electron chi connectivity index (χ2n) is 5.54. The Balaban J connectivity index is 1.88. The van der Waals surface area contributed by atoms with Gasteiger partial charge in [-0.15, -0.1) is 0 Å². The molecule has 0 spiro atoms. The van der Waals surface area contributed by atoms with Crippen LogP contribution in [0.4, 0.5) is 0 Å². The lowest BCUT2D eigenvalue weighted by Crippen LogP contribution is -2.46. The van der Waals surface area contributed by atoms with Crippen molar-refractivity contribution < 1.29 is 14.4 Å². The Morgan fingerprint density at radius 3 is 2.50 bits per heavy atom. The maximum absolute atomic E-state index is 12.3. The highest BCUT2D eigenvalue weighted by Crippen LogP contribution is 2.51. The van der Waals surface area contributed by atoms with E-state index in [2.05, 4.69) is 15.9 Å². The van der Waals surface area contributed by atoms with Crippen molar-refractivity contribution in [3.8, 4) is 0 Å². The molecule has 4 nitrogen and oxygen atoms in total. The summed E-state index contributed by atoms with van der Waals surface area (Å²) in [6.45, 7) is 0.490. The Morgan fingerprint density at radius 1 is 1.11 bits per heavy atom. The van der Waals surface area contributed by atoms with E-state index in [1.165, 1.54) is 4.90 Å². The van der Waals surface area contributed by atoms with Crippen LogP contribution >= 0.6 is 15.9 Å². The van der Waals surface area contributed by atoms with Gasteiger partial charge in [-0.25, -0.2) is 0 Å². The zero-order chi connectivity index (χ0) is 12.9. The summed E-state index contributed by atoms with van der Waals surface area (Å²) in [6.07, 6.45) is 3.02. The maximum Gasteiger partial charge on any atom is 0.233 e. The summed E-state index contributed by atoms with van der Waals surface area (Å²) in [6, 6.07) is 0. The van der Waals surface area contributed by atoms with Gasteiger partial charge >= 0.3 is 0 Å². The fourth-order valence-corrected chi connectivity index (χ4v) is 4.13. The second kappa shape index (κ2) is 4.44. The van der Waals surface area contributed by atoms with Crippen LogP contribution in [0.3, 0.4) is 0 Å². The molecule has 0 radical (unpaired) electrons. The molecule has 4 aliphatic rings. The van der Waals surface area contributed by atoms with Crippen LogP contribution in [-0.2, 0) is 14.4 Å². The molecule has 18 heavy (non-hydrogen) atoms. The average Bonchev–Trinajstić information content (AvgIpc) is 2.62. The Morgan fingerprint density at radius 2 is 1.83 bits per heavy atom. The van der Waals surface area contributed by atoms with Crippen LogP contribution in [0, 0.1) is 23.7 Å².